The van der Waals surface area contributed by atoms with Crippen LogP contribution in [-0.2, 0) is 17.8 Å². The van der Waals surface area contributed by atoms with Crippen molar-refractivity contribution >= 4 is 11.7 Å². The van der Waals surface area contributed by atoms with Gasteiger partial charge in [-0.3, -0.25) is 4.79 Å². The number of carbonyl (C=O) groups is 1. The highest BCUT2D eigenvalue weighted by atomic mass is 16.2. The molecule has 2 heterocycles. The van der Waals surface area contributed by atoms with Gasteiger partial charge >= 0.3 is 0 Å². The fourth-order valence-corrected chi connectivity index (χ4v) is 4.37. The number of rotatable bonds is 4. The van der Waals surface area contributed by atoms with Crippen LogP contribution >= 0.6 is 0 Å². The molecule has 0 radical (unpaired) electrons. The van der Waals surface area contributed by atoms with E-state index in [1.54, 1.807) is 0 Å². The molecular formula is C24H29N5O. The molecule has 1 atom stereocenters. The van der Waals surface area contributed by atoms with Crippen molar-refractivity contribution in [3.8, 4) is 17.2 Å². The van der Waals surface area contributed by atoms with Gasteiger partial charge < -0.3 is 15.5 Å². The highest BCUT2D eigenvalue weighted by Gasteiger charge is 2.33. The molecule has 1 aliphatic heterocycles. The topological polar surface area (TPSA) is 86.2 Å². The van der Waals surface area contributed by atoms with Crippen molar-refractivity contribution in [2.24, 2.45) is 5.92 Å². The fraction of sp³-hybridized carbons (Fsp3) is 0.458. The van der Waals surface area contributed by atoms with Crippen LogP contribution in [-0.4, -0.2) is 41.3 Å². The number of nitriles is 1. The van der Waals surface area contributed by atoms with Crippen molar-refractivity contribution < 1.29 is 4.79 Å². The standard InChI is InChI=1S/C24H29N5O/c1-15(28(2)3)17-8-5-9-18(12-17)22-19(13-25)23(26)27-21-10-11-29(14-20(21)22)24(30)16-6-4-7-16/h5,8-9,12,15-16H,4,6-7,10-11,14H2,1-3H3,(H2,26,27). The van der Waals surface area contributed by atoms with Gasteiger partial charge in [-0.05, 0) is 51.1 Å². The number of anilines is 1. The number of benzene rings is 1. The third-order valence-corrected chi connectivity index (χ3v) is 6.69. The van der Waals surface area contributed by atoms with Crippen molar-refractivity contribution in [2.45, 2.75) is 45.2 Å². The van der Waals surface area contributed by atoms with E-state index in [4.69, 9.17) is 5.73 Å². The lowest BCUT2D eigenvalue weighted by molar-refractivity contribution is -0.139. The molecule has 2 N–H and O–H groups in total. The molecule has 1 fully saturated rings. The first-order valence-electron chi connectivity index (χ1n) is 10.7. The molecule has 2 aromatic rings. The number of hydrogen-bond donors (Lipinski definition) is 1. The van der Waals surface area contributed by atoms with Gasteiger partial charge in [0.15, 0.2) is 0 Å². The Bertz CT molecular complexity index is 1020. The maximum absolute atomic E-state index is 12.9. The Morgan fingerprint density at radius 1 is 1.37 bits per heavy atom. The molecule has 1 aromatic heterocycles. The summed E-state index contributed by atoms with van der Waals surface area (Å²) in [6.45, 7) is 3.31. The summed E-state index contributed by atoms with van der Waals surface area (Å²) in [5.41, 5.74) is 11.4. The second-order valence-corrected chi connectivity index (χ2v) is 8.69. The molecule has 6 heteroatoms. The monoisotopic (exact) mass is 403 g/mol. The number of carbonyl (C=O) groups excluding carboxylic acids is 1. The zero-order valence-electron chi connectivity index (χ0n) is 18.0. The number of fused-ring (bicyclic) bond motifs is 1. The number of nitrogens with two attached hydrogens (primary N) is 1. The van der Waals surface area contributed by atoms with Crippen molar-refractivity contribution in [2.75, 3.05) is 26.4 Å². The van der Waals surface area contributed by atoms with E-state index < -0.39 is 0 Å². The Morgan fingerprint density at radius 2 is 2.13 bits per heavy atom. The lowest BCUT2D eigenvalue weighted by atomic mass is 9.83. The van der Waals surface area contributed by atoms with Crippen molar-refractivity contribution in [1.82, 2.24) is 14.8 Å². The molecule has 1 saturated carbocycles. The molecule has 0 bridgehead atoms. The van der Waals surface area contributed by atoms with Gasteiger partial charge in [0.25, 0.3) is 0 Å². The average molecular weight is 404 g/mol. The van der Waals surface area contributed by atoms with E-state index in [9.17, 15) is 10.1 Å². The fourth-order valence-electron chi connectivity index (χ4n) is 4.37. The van der Waals surface area contributed by atoms with Crippen LogP contribution in [0.2, 0.25) is 0 Å². The summed E-state index contributed by atoms with van der Waals surface area (Å²) in [7, 11) is 4.10. The molecule has 6 nitrogen and oxygen atoms in total. The number of hydrogen-bond acceptors (Lipinski definition) is 5. The van der Waals surface area contributed by atoms with Crippen LogP contribution in [0.4, 0.5) is 5.82 Å². The first-order chi connectivity index (χ1) is 14.4. The van der Waals surface area contributed by atoms with Gasteiger partial charge in [0.1, 0.15) is 17.5 Å². The first kappa shape index (κ1) is 20.4. The van der Waals surface area contributed by atoms with E-state index in [-0.39, 0.29) is 23.7 Å². The van der Waals surface area contributed by atoms with Gasteiger partial charge in [0.2, 0.25) is 5.91 Å². The van der Waals surface area contributed by atoms with E-state index in [2.05, 4.69) is 35.0 Å². The molecule has 0 saturated heterocycles. The molecular weight excluding hydrogens is 374 g/mol. The van der Waals surface area contributed by atoms with E-state index >= 15 is 0 Å². The first-order valence-corrected chi connectivity index (χ1v) is 10.7. The Kier molecular flexibility index (Phi) is 5.48. The van der Waals surface area contributed by atoms with Crippen LogP contribution in [0.25, 0.3) is 11.1 Å². The molecule has 1 amide bonds. The van der Waals surface area contributed by atoms with Gasteiger partial charge in [-0.25, -0.2) is 4.98 Å². The Labute approximate surface area is 178 Å². The van der Waals surface area contributed by atoms with Crippen LogP contribution in [0.5, 0.6) is 0 Å². The maximum atomic E-state index is 12.9. The van der Waals surface area contributed by atoms with Gasteiger partial charge in [-0.2, -0.15) is 5.26 Å². The zero-order valence-corrected chi connectivity index (χ0v) is 18.0. The second kappa shape index (κ2) is 8.08. The highest BCUT2D eigenvalue weighted by molar-refractivity contribution is 5.83. The number of amides is 1. The minimum Gasteiger partial charge on any atom is -0.383 e. The molecule has 1 unspecified atom stereocenters. The van der Waals surface area contributed by atoms with E-state index in [0.717, 1.165) is 41.6 Å². The van der Waals surface area contributed by atoms with Crippen LogP contribution < -0.4 is 5.73 Å². The van der Waals surface area contributed by atoms with Crippen LogP contribution in [0, 0.1) is 17.2 Å². The lowest BCUT2D eigenvalue weighted by Gasteiger charge is -2.35. The van der Waals surface area contributed by atoms with Gasteiger partial charge in [-0.15, -0.1) is 0 Å². The zero-order chi connectivity index (χ0) is 21.4. The smallest absolute Gasteiger partial charge is 0.225 e. The summed E-state index contributed by atoms with van der Waals surface area (Å²) < 4.78 is 0. The van der Waals surface area contributed by atoms with Crippen molar-refractivity contribution in [3.05, 3.63) is 46.6 Å². The predicted octanol–water partition coefficient (Wildman–Crippen LogP) is 3.51. The normalized spacial score (nSPS) is 17.2. The Balaban J connectivity index is 1.80. The van der Waals surface area contributed by atoms with E-state index in [0.29, 0.717) is 25.1 Å². The predicted molar refractivity (Wildman–Crippen MR) is 117 cm³/mol. The summed E-state index contributed by atoms with van der Waals surface area (Å²) in [5, 5.41) is 9.88. The third kappa shape index (κ3) is 3.54. The number of aromatic nitrogens is 1. The molecule has 30 heavy (non-hydrogen) atoms. The number of nitrogen functional groups attached to an aromatic ring is 1. The Morgan fingerprint density at radius 3 is 2.77 bits per heavy atom. The molecule has 156 valence electrons. The second-order valence-electron chi connectivity index (χ2n) is 8.69. The molecule has 2 aliphatic rings. The largest absolute Gasteiger partial charge is 0.383 e. The summed E-state index contributed by atoms with van der Waals surface area (Å²) >= 11 is 0. The highest BCUT2D eigenvalue weighted by Crippen LogP contribution is 2.37. The average Bonchev–Trinajstić information content (AvgIpc) is 2.70. The lowest BCUT2D eigenvalue weighted by Crippen LogP contribution is -2.42. The van der Waals surface area contributed by atoms with Gasteiger partial charge in [0, 0.05) is 42.6 Å². The van der Waals surface area contributed by atoms with Gasteiger partial charge in [-0.1, -0.05) is 24.6 Å². The number of nitrogens with zero attached hydrogens (tertiary/aromatic N) is 4. The quantitative estimate of drug-likeness (QED) is 0.844. The SMILES string of the molecule is CC(c1cccc(-c2c(C#N)c(N)nc3c2CN(C(=O)C2CCC2)CC3)c1)N(C)C. The third-order valence-electron chi connectivity index (χ3n) is 6.69. The minimum atomic E-state index is 0.163. The van der Waals surface area contributed by atoms with Crippen molar-refractivity contribution in [3.63, 3.8) is 0 Å². The number of pyridine rings is 1. The van der Waals surface area contributed by atoms with Crippen LogP contribution in [0.15, 0.2) is 24.3 Å². The van der Waals surface area contributed by atoms with Crippen LogP contribution in [0.1, 0.15) is 54.6 Å². The summed E-state index contributed by atoms with van der Waals surface area (Å²) in [4.78, 5) is 21.5. The minimum absolute atomic E-state index is 0.163. The van der Waals surface area contributed by atoms with Crippen molar-refractivity contribution in [1.29, 1.82) is 5.26 Å². The molecule has 1 aromatic carbocycles. The molecule has 1 aliphatic carbocycles. The molecule has 4 rings (SSSR count). The van der Waals surface area contributed by atoms with E-state index in [1.807, 2.05) is 31.1 Å². The maximum Gasteiger partial charge on any atom is 0.225 e. The van der Waals surface area contributed by atoms with Gasteiger partial charge in [0.05, 0.1) is 5.69 Å². The molecule has 0 spiro atoms. The Hall–Kier alpha value is -2.91. The summed E-state index contributed by atoms with van der Waals surface area (Å²) in [5.74, 6) is 0.677. The summed E-state index contributed by atoms with van der Waals surface area (Å²) in [6, 6.07) is 10.8. The summed E-state index contributed by atoms with van der Waals surface area (Å²) in [6.07, 6.45) is 3.79. The van der Waals surface area contributed by atoms with Crippen LogP contribution in [0.3, 0.4) is 0 Å². The van der Waals surface area contributed by atoms with E-state index in [1.165, 1.54) is 5.56 Å².